The van der Waals surface area contributed by atoms with Crippen LogP contribution in [0.1, 0.15) is 80.2 Å². The van der Waals surface area contributed by atoms with Gasteiger partial charge in [0.15, 0.2) is 0 Å². The van der Waals surface area contributed by atoms with Crippen molar-refractivity contribution in [2.45, 2.75) is 74.7 Å². The fourth-order valence-electron chi connectivity index (χ4n) is 5.81. The highest BCUT2D eigenvalue weighted by Crippen LogP contribution is 2.59. The molecule has 1 N–H and O–H groups in total. The molecule has 2 rings (SSSR count). The summed E-state index contributed by atoms with van der Waals surface area (Å²) in [7, 11) is 0. The largest absolute Gasteiger partial charge is 0.508 e. The van der Waals surface area contributed by atoms with Gasteiger partial charge in [-0.3, -0.25) is 0 Å². The Kier molecular flexibility index (Phi) is 5.67. The van der Waals surface area contributed by atoms with Gasteiger partial charge in [0.05, 0.1) is 0 Å². The first-order valence-corrected chi connectivity index (χ1v) is 10.1. The summed E-state index contributed by atoms with van der Waals surface area (Å²) in [4.78, 5) is 0. The number of hydrogen-bond acceptors (Lipinski definition) is 1. The molecule has 1 aromatic rings. The Hall–Kier alpha value is -0.980. The van der Waals surface area contributed by atoms with Crippen molar-refractivity contribution in [2.24, 2.45) is 40.4 Å². The van der Waals surface area contributed by atoms with E-state index in [1.807, 2.05) is 12.1 Å². The number of benzene rings is 1. The van der Waals surface area contributed by atoms with Gasteiger partial charge in [0.25, 0.3) is 0 Å². The summed E-state index contributed by atoms with van der Waals surface area (Å²) in [6.07, 6.45) is 1.31. The second-order valence-corrected chi connectivity index (χ2v) is 11.0. The van der Waals surface area contributed by atoms with Crippen molar-refractivity contribution in [2.75, 3.05) is 0 Å². The lowest BCUT2D eigenvalue weighted by molar-refractivity contribution is -0.0389. The fraction of sp³-hybridized carbons (Fsp3) is 0.750. The van der Waals surface area contributed by atoms with Crippen LogP contribution in [-0.4, -0.2) is 5.11 Å². The van der Waals surface area contributed by atoms with Crippen molar-refractivity contribution in [3.05, 3.63) is 29.8 Å². The van der Waals surface area contributed by atoms with Crippen LogP contribution in [0.5, 0.6) is 5.75 Å². The second kappa shape index (κ2) is 6.97. The third kappa shape index (κ3) is 4.23. The Balaban J connectivity index is 2.57. The lowest BCUT2D eigenvalue weighted by Crippen LogP contribution is -2.48. The third-order valence-electron chi connectivity index (χ3n) is 6.82. The molecule has 1 fully saturated rings. The van der Waals surface area contributed by atoms with Gasteiger partial charge in [-0.05, 0) is 70.5 Å². The second-order valence-electron chi connectivity index (χ2n) is 11.0. The van der Waals surface area contributed by atoms with Crippen molar-refractivity contribution in [1.82, 2.24) is 0 Å². The van der Waals surface area contributed by atoms with Gasteiger partial charge in [0.1, 0.15) is 5.75 Å². The first-order chi connectivity index (χ1) is 11.3. The highest BCUT2D eigenvalue weighted by Gasteiger charge is 2.50. The Morgan fingerprint density at radius 2 is 1.44 bits per heavy atom. The molecular weight excluding hydrogens is 304 g/mol. The summed E-state index contributed by atoms with van der Waals surface area (Å²) >= 11 is 0. The number of rotatable bonds is 2. The molecule has 0 bridgehead atoms. The summed E-state index contributed by atoms with van der Waals surface area (Å²) in [6.45, 7) is 21.8. The molecule has 5 atom stereocenters. The highest BCUT2D eigenvalue weighted by atomic mass is 16.3. The minimum absolute atomic E-state index is 0.263. The van der Waals surface area contributed by atoms with Gasteiger partial charge in [-0.25, -0.2) is 0 Å². The van der Waals surface area contributed by atoms with Crippen molar-refractivity contribution >= 4 is 0 Å². The maximum absolute atomic E-state index is 9.76. The number of phenolic OH excluding ortho intramolecular Hbond substituents is 1. The molecule has 0 spiro atoms. The van der Waals surface area contributed by atoms with Gasteiger partial charge in [-0.2, -0.15) is 0 Å². The minimum Gasteiger partial charge on any atom is -0.508 e. The maximum Gasteiger partial charge on any atom is 0.115 e. The van der Waals surface area contributed by atoms with Crippen LogP contribution < -0.4 is 0 Å². The van der Waals surface area contributed by atoms with E-state index in [9.17, 15) is 5.11 Å². The number of phenols is 1. The van der Waals surface area contributed by atoms with Crippen molar-refractivity contribution < 1.29 is 5.11 Å². The molecule has 1 heteroatoms. The van der Waals surface area contributed by atoms with Gasteiger partial charge in [0.2, 0.25) is 0 Å². The average molecular weight is 345 g/mol. The lowest BCUT2D eigenvalue weighted by atomic mass is 9.49. The van der Waals surface area contributed by atoms with E-state index in [0.717, 1.165) is 5.92 Å². The Morgan fingerprint density at radius 1 is 0.920 bits per heavy atom. The van der Waals surface area contributed by atoms with E-state index in [0.29, 0.717) is 40.8 Å². The molecule has 1 nitrogen and oxygen atoms in total. The van der Waals surface area contributed by atoms with Crippen LogP contribution >= 0.6 is 0 Å². The van der Waals surface area contributed by atoms with Gasteiger partial charge in [0, 0.05) is 0 Å². The molecule has 142 valence electrons. The van der Waals surface area contributed by atoms with E-state index in [4.69, 9.17) is 0 Å². The predicted octanol–water partition coefficient (Wildman–Crippen LogP) is 7.11. The average Bonchev–Trinajstić information content (AvgIpc) is 2.44. The molecule has 0 heterocycles. The molecule has 1 aliphatic rings. The van der Waals surface area contributed by atoms with E-state index in [1.54, 1.807) is 0 Å². The van der Waals surface area contributed by atoms with Crippen molar-refractivity contribution in [3.8, 4) is 5.75 Å². The standard InChI is InChI=1S/C24H40O/c1-15(2)19-14-20(23(4,5)6)16(3)22(24(7,8)9)21(19)17-10-12-18(25)13-11-17/h10-13,15-16,19-22,25H,14H2,1-9H3. The molecular formula is C24H40O. The molecule has 0 amide bonds. The van der Waals surface area contributed by atoms with Crippen LogP contribution in [-0.2, 0) is 0 Å². The SMILES string of the molecule is CC(C)C1CC(C(C)(C)C)C(C)C(C(C)(C)C)C1c1ccc(O)cc1. The van der Waals surface area contributed by atoms with E-state index in [1.165, 1.54) is 12.0 Å². The minimum atomic E-state index is 0.263. The summed E-state index contributed by atoms with van der Waals surface area (Å²) in [6, 6.07) is 8.07. The molecule has 5 unspecified atom stereocenters. The zero-order chi connectivity index (χ0) is 19.2. The monoisotopic (exact) mass is 344 g/mol. The molecule has 0 aromatic heterocycles. The van der Waals surface area contributed by atoms with Crippen LogP contribution in [0.25, 0.3) is 0 Å². The summed E-state index contributed by atoms with van der Waals surface area (Å²) in [5.41, 5.74) is 2.02. The van der Waals surface area contributed by atoms with Crippen LogP contribution in [0.3, 0.4) is 0 Å². The lowest BCUT2D eigenvalue weighted by Gasteiger charge is -2.56. The van der Waals surface area contributed by atoms with E-state index >= 15 is 0 Å². The van der Waals surface area contributed by atoms with Crippen LogP contribution in [0.15, 0.2) is 24.3 Å². The Bertz CT molecular complexity index is 555. The van der Waals surface area contributed by atoms with Gasteiger partial charge < -0.3 is 5.11 Å². The van der Waals surface area contributed by atoms with Crippen LogP contribution in [0.2, 0.25) is 0 Å². The topological polar surface area (TPSA) is 20.2 Å². The first-order valence-electron chi connectivity index (χ1n) is 10.1. The van der Waals surface area contributed by atoms with Crippen LogP contribution in [0, 0.1) is 40.4 Å². The first kappa shape index (κ1) is 20.3. The van der Waals surface area contributed by atoms with Crippen molar-refractivity contribution in [1.29, 1.82) is 0 Å². The maximum atomic E-state index is 9.76. The summed E-state index contributed by atoms with van der Waals surface area (Å²) in [5, 5.41) is 9.76. The van der Waals surface area contributed by atoms with Gasteiger partial charge in [-0.1, -0.05) is 74.4 Å². The summed E-state index contributed by atoms with van der Waals surface area (Å²) in [5.74, 6) is 4.37. The van der Waals surface area contributed by atoms with E-state index < -0.39 is 0 Å². The highest BCUT2D eigenvalue weighted by molar-refractivity contribution is 5.30. The molecule has 1 aromatic carbocycles. The van der Waals surface area contributed by atoms with E-state index in [-0.39, 0.29) is 5.41 Å². The number of hydrogen-bond donors (Lipinski definition) is 1. The van der Waals surface area contributed by atoms with Crippen LogP contribution in [0.4, 0.5) is 0 Å². The molecule has 0 saturated heterocycles. The Labute approximate surface area is 156 Å². The molecule has 25 heavy (non-hydrogen) atoms. The normalized spacial score (nSPS) is 31.4. The molecule has 1 aliphatic carbocycles. The zero-order valence-corrected chi connectivity index (χ0v) is 17.9. The Morgan fingerprint density at radius 3 is 1.84 bits per heavy atom. The fourth-order valence-corrected chi connectivity index (χ4v) is 5.81. The molecule has 0 radical (unpaired) electrons. The summed E-state index contributed by atoms with van der Waals surface area (Å²) < 4.78 is 0. The molecule has 0 aliphatic heterocycles. The quantitative estimate of drug-likeness (QED) is 0.606. The molecule has 1 saturated carbocycles. The van der Waals surface area contributed by atoms with E-state index in [2.05, 4.69) is 74.4 Å². The predicted molar refractivity (Wildman–Crippen MR) is 109 cm³/mol. The third-order valence-corrected chi connectivity index (χ3v) is 6.82. The van der Waals surface area contributed by atoms with Crippen molar-refractivity contribution in [3.63, 3.8) is 0 Å². The smallest absolute Gasteiger partial charge is 0.115 e. The van der Waals surface area contributed by atoms with Gasteiger partial charge >= 0.3 is 0 Å². The van der Waals surface area contributed by atoms with Gasteiger partial charge in [-0.15, -0.1) is 0 Å². The zero-order valence-electron chi connectivity index (χ0n) is 17.9. The number of aromatic hydroxyl groups is 1.